The number of allylic oxidation sites excluding steroid dienone is 1. The second kappa shape index (κ2) is 5.83. The second-order valence-corrected chi connectivity index (χ2v) is 5.24. The number of aryl methyl sites for hydroxylation is 1. The largest absolute Gasteiger partial charge is 0.416 e. The molecular weight excluding hydrogens is 289 g/mol. The maximum atomic E-state index is 12.8. The first-order valence-corrected chi connectivity index (χ1v) is 6.73. The Labute approximate surface area is 127 Å². The van der Waals surface area contributed by atoms with Crippen LogP contribution in [0, 0.1) is 6.92 Å². The highest BCUT2D eigenvalue weighted by Gasteiger charge is 2.30. The molecule has 2 aromatic rings. The van der Waals surface area contributed by atoms with Crippen LogP contribution in [0.15, 0.2) is 48.8 Å². The summed E-state index contributed by atoms with van der Waals surface area (Å²) in [6, 6.07) is 7.08. The number of hydrogen-bond acceptors (Lipinski definition) is 2. The van der Waals surface area contributed by atoms with Gasteiger partial charge in [0.05, 0.1) is 5.56 Å². The fraction of sp³-hybridized carbons (Fsp3) is 0.235. The highest BCUT2D eigenvalue weighted by atomic mass is 19.4. The predicted octanol–water partition coefficient (Wildman–Crippen LogP) is 5.05. The van der Waals surface area contributed by atoms with Crippen LogP contribution in [0.2, 0.25) is 0 Å². The Morgan fingerprint density at radius 3 is 2.41 bits per heavy atom. The van der Waals surface area contributed by atoms with Crippen molar-refractivity contribution in [2.45, 2.75) is 20.0 Å². The van der Waals surface area contributed by atoms with E-state index < -0.39 is 11.7 Å². The van der Waals surface area contributed by atoms with Crippen LogP contribution in [0.25, 0.3) is 11.1 Å². The maximum absolute atomic E-state index is 12.8. The molecule has 1 heterocycles. The van der Waals surface area contributed by atoms with Gasteiger partial charge in [-0.25, -0.2) is 4.98 Å². The quantitative estimate of drug-likeness (QED) is 0.789. The van der Waals surface area contributed by atoms with E-state index in [-0.39, 0.29) is 0 Å². The first kappa shape index (κ1) is 16.1. The summed E-state index contributed by atoms with van der Waals surface area (Å²) < 4.78 is 38.4. The van der Waals surface area contributed by atoms with Gasteiger partial charge >= 0.3 is 6.18 Å². The van der Waals surface area contributed by atoms with E-state index in [1.807, 2.05) is 31.9 Å². The van der Waals surface area contributed by atoms with Gasteiger partial charge in [-0.3, -0.25) is 0 Å². The van der Waals surface area contributed by atoms with Crippen molar-refractivity contribution in [2.24, 2.45) is 0 Å². The van der Waals surface area contributed by atoms with Crippen molar-refractivity contribution in [1.82, 2.24) is 4.98 Å². The molecule has 1 aromatic heterocycles. The summed E-state index contributed by atoms with van der Waals surface area (Å²) in [5.74, 6) is 0.739. The van der Waals surface area contributed by atoms with Crippen molar-refractivity contribution in [3.05, 3.63) is 59.9 Å². The lowest BCUT2D eigenvalue weighted by atomic mass is 10.0. The molecule has 1 aromatic carbocycles. The van der Waals surface area contributed by atoms with Gasteiger partial charge in [-0.05, 0) is 43.2 Å². The molecule has 2 rings (SSSR count). The Bertz CT molecular complexity index is 705. The Balaban J connectivity index is 2.43. The number of rotatable bonds is 3. The minimum Gasteiger partial charge on any atom is -0.334 e. The lowest BCUT2D eigenvalue weighted by Crippen LogP contribution is -2.16. The summed E-state index contributed by atoms with van der Waals surface area (Å²) in [7, 11) is 1.85. The fourth-order valence-corrected chi connectivity index (χ4v) is 2.13. The summed E-state index contributed by atoms with van der Waals surface area (Å²) in [6.45, 7) is 7.59. The van der Waals surface area contributed by atoms with Crippen molar-refractivity contribution < 1.29 is 13.2 Å². The van der Waals surface area contributed by atoms with Crippen LogP contribution in [-0.4, -0.2) is 12.0 Å². The molecule has 0 bridgehead atoms. The van der Waals surface area contributed by atoms with E-state index in [4.69, 9.17) is 0 Å². The number of halogens is 3. The molecule has 0 aliphatic carbocycles. The van der Waals surface area contributed by atoms with E-state index in [9.17, 15) is 13.2 Å². The van der Waals surface area contributed by atoms with Gasteiger partial charge in [0, 0.05) is 24.5 Å². The monoisotopic (exact) mass is 306 g/mol. The smallest absolute Gasteiger partial charge is 0.334 e. The van der Waals surface area contributed by atoms with Gasteiger partial charge in [0.25, 0.3) is 0 Å². The number of nitrogens with zero attached hydrogens (tertiary/aromatic N) is 2. The maximum Gasteiger partial charge on any atom is 0.416 e. The number of pyridine rings is 1. The molecule has 0 amide bonds. The Morgan fingerprint density at radius 1 is 1.18 bits per heavy atom. The number of hydrogen-bond donors (Lipinski definition) is 0. The average molecular weight is 306 g/mol. The first-order valence-electron chi connectivity index (χ1n) is 6.73. The van der Waals surface area contributed by atoms with Crippen molar-refractivity contribution in [3.63, 3.8) is 0 Å². The van der Waals surface area contributed by atoms with Crippen LogP contribution in [0.1, 0.15) is 18.1 Å². The fourth-order valence-electron chi connectivity index (χ4n) is 2.13. The van der Waals surface area contributed by atoms with Crippen LogP contribution in [0.4, 0.5) is 19.0 Å². The molecule has 0 fully saturated rings. The minimum atomic E-state index is -4.35. The molecular formula is C17H17F3N2. The third kappa shape index (κ3) is 3.30. The molecule has 0 aliphatic heterocycles. The second-order valence-electron chi connectivity index (χ2n) is 5.24. The molecule has 0 unspecified atom stereocenters. The lowest BCUT2D eigenvalue weighted by molar-refractivity contribution is -0.137. The molecule has 0 atom stereocenters. The number of anilines is 1. The molecule has 0 saturated heterocycles. The molecule has 0 spiro atoms. The summed E-state index contributed by atoms with van der Waals surface area (Å²) in [6.07, 6.45) is -2.77. The molecule has 2 nitrogen and oxygen atoms in total. The van der Waals surface area contributed by atoms with Crippen LogP contribution < -0.4 is 4.90 Å². The molecule has 0 radical (unpaired) electrons. The summed E-state index contributed by atoms with van der Waals surface area (Å²) >= 11 is 0. The Kier molecular flexibility index (Phi) is 4.26. The van der Waals surface area contributed by atoms with Gasteiger partial charge in [-0.15, -0.1) is 0 Å². The van der Waals surface area contributed by atoms with Crippen molar-refractivity contribution >= 4 is 5.82 Å². The van der Waals surface area contributed by atoms with E-state index >= 15 is 0 Å². The predicted molar refractivity (Wildman–Crippen MR) is 82.6 cm³/mol. The lowest BCUT2D eigenvalue weighted by Gasteiger charge is -2.20. The van der Waals surface area contributed by atoms with Crippen LogP contribution in [0.3, 0.4) is 0 Å². The third-order valence-electron chi connectivity index (χ3n) is 3.46. The van der Waals surface area contributed by atoms with Crippen molar-refractivity contribution in [3.8, 4) is 11.1 Å². The number of alkyl halides is 3. The Morgan fingerprint density at radius 2 is 1.86 bits per heavy atom. The topological polar surface area (TPSA) is 16.1 Å². The zero-order valence-electron chi connectivity index (χ0n) is 12.7. The van der Waals surface area contributed by atoms with Crippen molar-refractivity contribution in [1.29, 1.82) is 0 Å². The highest BCUT2D eigenvalue weighted by Crippen LogP contribution is 2.33. The zero-order chi connectivity index (χ0) is 16.5. The number of aromatic nitrogens is 1. The van der Waals surface area contributed by atoms with Crippen LogP contribution >= 0.6 is 0 Å². The van der Waals surface area contributed by atoms with E-state index in [0.717, 1.165) is 29.2 Å². The molecule has 0 N–H and O–H groups in total. The highest BCUT2D eigenvalue weighted by molar-refractivity contribution is 5.67. The van der Waals surface area contributed by atoms with Crippen LogP contribution in [-0.2, 0) is 6.18 Å². The minimum absolute atomic E-state index is 0.495. The first-order chi connectivity index (χ1) is 10.2. The Hall–Kier alpha value is -2.30. The normalized spacial score (nSPS) is 11.4. The molecule has 116 valence electrons. The third-order valence-corrected chi connectivity index (χ3v) is 3.46. The molecule has 22 heavy (non-hydrogen) atoms. The van der Waals surface area contributed by atoms with E-state index in [2.05, 4.69) is 11.6 Å². The molecule has 0 saturated carbocycles. The van der Waals surface area contributed by atoms with E-state index in [1.165, 1.54) is 6.07 Å². The van der Waals surface area contributed by atoms with Gasteiger partial charge in [-0.1, -0.05) is 18.7 Å². The standard InChI is InChI=1S/C17H17F3N2/c1-11(2)22(4)16-12(3)8-14(10-21-16)13-6-5-7-15(9-13)17(18,19)20/h5-10H,1H2,2-4H3. The van der Waals surface area contributed by atoms with Gasteiger partial charge in [0.2, 0.25) is 0 Å². The van der Waals surface area contributed by atoms with Gasteiger partial charge in [0.15, 0.2) is 0 Å². The SMILES string of the molecule is C=C(C)N(C)c1ncc(-c2cccc(C(F)(F)F)c2)cc1C. The zero-order valence-corrected chi connectivity index (χ0v) is 12.7. The summed E-state index contributed by atoms with van der Waals surface area (Å²) in [4.78, 5) is 6.19. The van der Waals surface area contributed by atoms with E-state index in [0.29, 0.717) is 11.1 Å². The summed E-state index contributed by atoms with van der Waals surface area (Å²) in [5, 5.41) is 0. The van der Waals surface area contributed by atoms with E-state index in [1.54, 1.807) is 12.3 Å². The number of benzene rings is 1. The molecule has 0 aliphatic rings. The molecule has 5 heteroatoms. The van der Waals surface area contributed by atoms with Gasteiger partial charge < -0.3 is 4.90 Å². The average Bonchev–Trinajstić information content (AvgIpc) is 2.45. The van der Waals surface area contributed by atoms with Crippen molar-refractivity contribution in [2.75, 3.05) is 11.9 Å². The van der Waals surface area contributed by atoms with Gasteiger partial charge in [0.1, 0.15) is 5.82 Å². The van der Waals surface area contributed by atoms with Gasteiger partial charge in [-0.2, -0.15) is 13.2 Å². The van der Waals surface area contributed by atoms with Crippen LogP contribution in [0.5, 0.6) is 0 Å². The summed E-state index contributed by atoms with van der Waals surface area (Å²) in [5.41, 5.74) is 2.20.